The quantitative estimate of drug-likeness (QED) is 0.778. The Hall–Kier alpha value is -1.22. The molecule has 3 heteroatoms. The van der Waals surface area contributed by atoms with Crippen molar-refractivity contribution in [3.63, 3.8) is 0 Å². The number of nitrogens with zero attached hydrogens (tertiary/aromatic N) is 1. The Kier molecular flexibility index (Phi) is 4.35. The smallest absolute Gasteiger partial charge is 0.196 e. The third-order valence-corrected chi connectivity index (χ3v) is 4.09. The number of hydrogen-bond acceptors (Lipinski definition) is 3. The van der Waals surface area contributed by atoms with Gasteiger partial charge in [0.2, 0.25) is 0 Å². The first-order chi connectivity index (χ1) is 9.07. The molecule has 0 amide bonds. The van der Waals surface area contributed by atoms with Gasteiger partial charge in [-0.25, -0.2) is 0 Å². The molecule has 1 aromatic rings. The van der Waals surface area contributed by atoms with Gasteiger partial charge in [0.25, 0.3) is 0 Å². The van der Waals surface area contributed by atoms with Crippen molar-refractivity contribution in [2.24, 2.45) is 5.92 Å². The molecule has 0 N–H and O–H groups in total. The molecule has 0 aromatic carbocycles. The molecule has 0 spiro atoms. The zero-order valence-electron chi connectivity index (χ0n) is 12.1. The van der Waals surface area contributed by atoms with E-state index in [4.69, 9.17) is 4.74 Å². The van der Waals surface area contributed by atoms with Crippen LogP contribution in [0.5, 0.6) is 0 Å². The zero-order valence-corrected chi connectivity index (χ0v) is 12.1. The molecule has 1 saturated carbocycles. The lowest BCUT2D eigenvalue weighted by Crippen LogP contribution is -2.44. The van der Waals surface area contributed by atoms with Crippen molar-refractivity contribution in [2.45, 2.75) is 52.1 Å². The third-order valence-electron chi connectivity index (χ3n) is 4.09. The Morgan fingerprint density at radius 1 is 1.42 bits per heavy atom. The van der Waals surface area contributed by atoms with Crippen LogP contribution in [0.15, 0.2) is 18.3 Å². The molecular formula is C16H23NO2. The van der Waals surface area contributed by atoms with Crippen molar-refractivity contribution >= 4 is 5.78 Å². The number of carbonyl (C=O) groups excluding carboxylic acids is 1. The van der Waals surface area contributed by atoms with Gasteiger partial charge in [0.05, 0.1) is 0 Å². The summed E-state index contributed by atoms with van der Waals surface area (Å²) in [5.41, 5.74) is 0.992. The van der Waals surface area contributed by atoms with Gasteiger partial charge in [0.1, 0.15) is 5.60 Å². The minimum atomic E-state index is -0.613. The highest BCUT2D eigenvalue weighted by Gasteiger charge is 2.42. The number of pyridine rings is 1. The van der Waals surface area contributed by atoms with E-state index in [9.17, 15) is 4.79 Å². The first-order valence-corrected chi connectivity index (χ1v) is 7.19. The van der Waals surface area contributed by atoms with Gasteiger partial charge in [-0.1, -0.05) is 6.92 Å². The van der Waals surface area contributed by atoms with Crippen LogP contribution in [-0.2, 0) is 4.74 Å². The molecule has 0 bridgehead atoms. The van der Waals surface area contributed by atoms with E-state index < -0.39 is 5.60 Å². The Bertz CT molecular complexity index is 431. The van der Waals surface area contributed by atoms with Gasteiger partial charge in [0.15, 0.2) is 5.78 Å². The van der Waals surface area contributed by atoms with Crippen molar-refractivity contribution in [3.05, 3.63) is 29.6 Å². The Labute approximate surface area is 115 Å². The fourth-order valence-corrected chi connectivity index (χ4v) is 2.81. The molecule has 1 fully saturated rings. The number of ether oxygens (including phenoxy) is 1. The van der Waals surface area contributed by atoms with Crippen LogP contribution in [-0.4, -0.2) is 23.0 Å². The standard InChI is InChI=1S/C16H23NO2/c1-4-19-16(9-7-12(2)8-10-16)15(18)14-6-5-13(3)17-11-14/h5-6,11-12H,4,7-10H2,1-3H3. The van der Waals surface area contributed by atoms with Crippen molar-refractivity contribution in [1.29, 1.82) is 0 Å². The van der Waals surface area contributed by atoms with Crippen molar-refractivity contribution in [2.75, 3.05) is 6.61 Å². The Morgan fingerprint density at radius 3 is 2.63 bits per heavy atom. The summed E-state index contributed by atoms with van der Waals surface area (Å²) < 4.78 is 5.89. The summed E-state index contributed by atoms with van der Waals surface area (Å²) in [6, 6.07) is 3.75. The highest BCUT2D eigenvalue weighted by atomic mass is 16.5. The summed E-state index contributed by atoms with van der Waals surface area (Å²) in [6.45, 7) is 6.71. The number of rotatable bonds is 4. The molecule has 1 heterocycles. The second-order valence-corrected chi connectivity index (χ2v) is 5.63. The number of aromatic nitrogens is 1. The predicted molar refractivity (Wildman–Crippen MR) is 75.3 cm³/mol. The first-order valence-electron chi connectivity index (χ1n) is 7.19. The monoisotopic (exact) mass is 261 g/mol. The van der Waals surface area contributed by atoms with Gasteiger partial charge in [-0.15, -0.1) is 0 Å². The lowest BCUT2D eigenvalue weighted by Gasteiger charge is -2.37. The van der Waals surface area contributed by atoms with Gasteiger partial charge in [-0.3, -0.25) is 9.78 Å². The maximum atomic E-state index is 12.8. The van der Waals surface area contributed by atoms with Crippen molar-refractivity contribution < 1.29 is 9.53 Å². The second kappa shape index (κ2) is 5.83. The van der Waals surface area contributed by atoms with Gasteiger partial charge in [-0.05, 0) is 57.6 Å². The molecule has 1 aromatic heterocycles. The molecule has 0 aliphatic heterocycles. The van der Waals surface area contributed by atoms with Crippen LogP contribution in [0.2, 0.25) is 0 Å². The molecule has 3 nitrogen and oxygen atoms in total. The minimum Gasteiger partial charge on any atom is -0.367 e. The Balaban J connectivity index is 2.23. The summed E-state index contributed by atoms with van der Waals surface area (Å²) in [4.78, 5) is 17.0. The number of Topliss-reactive ketones (excluding diaryl/α,β-unsaturated/α-hetero) is 1. The largest absolute Gasteiger partial charge is 0.367 e. The average molecular weight is 261 g/mol. The van der Waals surface area contributed by atoms with E-state index in [-0.39, 0.29) is 5.78 Å². The first kappa shape index (κ1) is 14.2. The van der Waals surface area contributed by atoms with E-state index in [1.54, 1.807) is 6.20 Å². The maximum absolute atomic E-state index is 12.8. The van der Waals surface area contributed by atoms with Gasteiger partial charge in [0, 0.05) is 24.1 Å². The summed E-state index contributed by atoms with van der Waals surface area (Å²) >= 11 is 0. The highest BCUT2D eigenvalue weighted by Crippen LogP contribution is 2.37. The summed E-state index contributed by atoms with van der Waals surface area (Å²) in [7, 11) is 0. The summed E-state index contributed by atoms with van der Waals surface area (Å²) in [5.74, 6) is 0.797. The molecule has 104 valence electrons. The molecular weight excluding hydrogens is 238 g/mol. The number of hydrogen-bond donors (Lipinski definition) is 0. The molecule has 0 radical (unpaired) electrons. The third kappa shape index (κ3) is 3.03. The number of carbonyl (C=O) groups is 1. The molecule has 1 aliphatic carbocycles. The molecule has 0 atom stereocenters. The number of ketones is 1. The van der Waals surface area contributed by atoms with E-state index in [0.717, 1.165) is 31.4 Å². The van der Waals surface area contributed by atoms with Crippen LogP contribution in [0.25, 0.3) is 0 Å². The Morgan fingerprint density at radius 2 is 2.11 bits per heavy atom. The molecule has 19 heavy (non-hydrogen) atoms. The van der Waals surface area contributed by atoms with Crippen molar-refractivity contribution in [1.82, 2.24) is 4.98 Å². The van der Waals surface area contributed by atoms with Crippen molar-refractivity contribution in [3.8, 4) is 0 Å². The fraction of sp³-hybridized carbons (Fsp3) is 0.625. The van der Waals surface area contributed by atoms with Crippen LogP contribution < -0.4 is 0 Å². The van der Waals surface area contributed by atoms with Crippen LogP contribution >= 0.6 is 0 Å². The zero-order chi connectivity index (χ0) is 13.9. The lowest BCUT2D eigenvalue weighted by molar-refractivity contribution is -0.0474. The minimum absolute atomic E-state index is 0.105. The van der Waals surface area contributed by atoms with Crippen LogP contribution in [0.3, 0.4) is 0 Å². The van der Waals surface area contributed by atoms with Crippen LogP contribution in [0.4, 0.5) is 0 Å². The van der Waals surface area contributed by atoms with E-state index in [0.29, 0.717) is 18.1 Å². The van der Waals surface area contributed by atoms with Gasteiger partial charge >= 0.3 is 0 Å². The van der Waals surface area contributed by atoms with Gasteiger partial charge < -0.3 is 4.74 Å². The van der Waals surface area contributed by atoms with E-state index in [2.05, 4.69) is 11.9 Å². The SMILES string of the molecule is CCOC1(C(=O)c2ccc(C)nc2)CCC(C)CC1. The second-order valence-electron chi connectivity index (χ2n) is 5.63. The van der Waals surface area contributed by atoms with E-state index in [1.165, 1.54) is 0 Å². The molecule has 0 unspecified atom stereocenters. The average Bonchev–Trinajstić information content (AvgIpc) is 2.42. The highest BCUT2D eigenvalue weighted by molar-refractivity contribution is 6.02. The molecule has 0 saturated heterocycles. The lowest BCUT2D eigenvalue weighted by atomic mass is 9.75. The van der Waals surface area contributed by atoms with Crippen LogP contribution in [0.1, 0.15) is 55.6 Å². The molecule has 2 rings (SSSR count). The normalized spacial score (nSPS) is 27.2. The predicted octanol–water partition coefficient (Wildman–Crippen LogP) is 3.56. The topological polar surface area (TPSA) is 39.2 Å². The van der Waals surface area contributed by atoms with E-state index in [1.807, 2.05) is 26.0 Å². The summed E-state index contributed by atoms with van der Waals surface area (Å²) in [6.07, 6.45) is 5.45. The van der Waals surface area contributed by atoms with E-state index >= 15 is 0 Å². The maximum Gasteiger partial charge on any atom is 0.196 e. The van der Waals surface area contributed by atoms with Crippen LogP contribution in [0, 0.1) is 12.8 Å². The number of aryl methyl sites for hydroxylation is 1. The molecule has 1 aliphatic rings. The van der Waals surface area contributed by atoms with Gasteiger partial charge in [-0.2, -0.15) is 0 Å². The summed E-state index contributed by atoms with van der Waals surface area (Å²) in [5, 5.41) is 0. The fourth-order valence-electron chi connectivity index (χ4n) is 2.81.